The van der Waals surface area contributed by atoms with Gasteiger partial charge in [-0.15, -0.1) is 0 Å². The number of nitrogens with zero attached hydrogens (tertiary/aromatic N) is 3. The van der Waals surface area contributed by atoms with E-state index < -0.39 is 0 Å². The second-order valence-electron chi connectivity index (χ2n) is 4.59. The Balaban J connectivity index is 2.39. The van der Waals surface area contributed by atoms with Crippen molar-refractivity contribution in [3.8, 4) is 0 Å². The summed E-state index contributed by atoms with van der Waals surface area (Å²) in [6.07, 6.45) is 3.62. The third-order valence-corrected chi connectivity index (χ3v) is 4.41. The second-order valence-corrected chi connectivity index (χ2v) is 5.98. The van der Waals surface area contributed by atoms with Gasteiger partial charge in [0.2, 0.25) is 0 Å². The highest BCUT2D eigenvalue weighted by atomic mass is 35.5. The highest BCUT2D eigenvalue weighted by Gasteiger charge is 2.13. The van der Waals surface area contributed by atoms with Crippen molar-refractivity contribution in [3.05, 3.63) is 34.7 Å². The molecule has 112 valence electrons. The van der Waals surface area contributed by atoms with Crippen molar-refractivity contribution in [3.63, 3.8) is 0 Å². The molecule has 0 amide bonds. The molecule has 0 saturated heterocycles. The molecule has 6 heteroatoms. The highest BCUT2D eigenvalue weighted by Crippen LogP contribution is 2.33. The summed E-state index contributed by atoms with van der Waals surface area (Å²) in [4.78, 5) is 13.6. The van der Waals surface area contributed by atoms with Crippen molar-refractivity contribution in [1.29, 1.82) is 0 Å². The minimum Gasteiger partial charge on any atom is -0.370 e. The topological polar surface area (TPSA) is 50.7 Å². The minimum atomic E-state index is 0.641. The molecule has 4 nitrogen and oxygen atoms in total. The van der Waals surface area contributed by atoms with Crippen molar-refractivity contribution in [1.82, 2.24) is 15.0 Å². The van der Waals surface area contributed by atoms with E-state index >= 15 is 0 Å². The third-order valence-electron chi connectivity index (χ3n) is 2.88. The van der Waals surface area contributed by atoms with E-state index in [-0.39, 0.29) is 0 Å². The molecule has 2 heterocycles. The van der Waals surface area contributed by atoms with E-state index in [1.165, 1.54) is 11.8 Å². The highest BCUT2D eigenvalue weighted by molar-refractivity contribution is 7.99. The molecule has 0 bridgehead atoms. The summed E-state index contributed by atoms with van der Waals surface area (Å²) >= 11 is 7.67. The van der Waals surface area contributed by atoms with Crippen LogP contribution in [0.5, 0.6) is 0 Å². The van der Waals surface area contributed by atoms with Gasteiger partial charge in [-0.25, -0.2) is 15.0 Å². The Bertz CT molecular complexity index is 619. The van der Waals surface area contributed by atoms with Gasteiger partial charge in [0.25, 0.3) is 0 Å². The Morgan fingerprint density at radius 3 is 2.71 bits per heavy atom. The van der Waals surface area contributed by atoms with Crippen molar-refractivity contribution in [2.75, 3.05) is 11.9 Å². The first-order valence-electron chi connectivity index (χ1n) is 7.05. The number of hydrogen-bond acceptors (Lipinski definition) is 5. The average molecular weight is 323 g/mol. The van der Waals surface area contributed by atoms with Gasteiger partial charge in [-0.3, -0.25) is 0 Å². The molecular formula is C15H19ClN4S. The van der Waals surface area contributed by atoms with Crippen LogP contribution in [0.3, 0.4) is 0 Å². The maximum Gasteiger partial charge on any atom is 0.133 e. The largest absolute Gasteiger partial charge is 0.370 e. The molecule has 0 aliphatic carbocycles. The van der Waals surface area contributed by atoms with Crippen molar-refractivity contribution >= 4 is 29.2 Å². The lowest BCUT2D eigenvalue weighted by Gasteiger charge is -2.12. The van der Waals surface area contributed by atoms with E-state index in [4.69, 9.17) is 11.6 Å². The minimum absolute atomic E-state index is 0.641. The summed E-state index contributed by atoms with van der Waals surface area (Å²) < 4.78 is 0. The summed E-state index contributed by atoms with van der Waals surface area (Å²) in [7, 11) is 0. The summed E-state index contributed by atoms with van der Waals surface area (Å²) in [5.41, 5.74) is 1.03. The van der Waals surface area contributed by atoms with Crippen LogP contribution in [0, 0.1) is 6.92 Å². The normalized spacial score (nSPS) is 10.7. The molecule has 0 radical (unpaired) electrons. The lowest BCUT2D eigenvalue weighted by atomic mass is 10.3. The number of pyridine rings is 1. The van der Waals surface area contributed by atoms with E-state index in [1.807, 2.05) is 19.1 Å². The standard InChI is InChI=1S/C15H19ClN4S/c1-4-7-12-19-13(17-5-2)10(3)14(20-12)21-15-11(16)8-6-9-18-15/h6,8-9H,4-5,7H2,1-3H3,(H,17,19,20). The van der Waals surface area contributed by atoms with Gasteiger partial charge in [-0.1, -0.05) is 18.5 Å². The number of halogens is 1. The van der Waals surface area contributed by atoms with E-state index in [1.54, 1.807) is 6.20 Å². The molecule has 2 aromatic heterocycles. The first-order chi connectivity index (χ1) is 10.2. The summed E-state index contributed by atoms with van der Waals surface area (Å²) in [5.74, 6) is 1.75. The van der Waals surface area contributed by atoms with Crippen LogP contribution in [0.25, 0.3) is 0 Å². The van der Waals surface area contributed by atoms with Gasteiger partial charge in [0.15, 0.2) is 0 Å². The number of nitrogens with one attached hydrogen (secondary N) is 1. The molecule has 21 heavy (non-hydrogen) atoms. The molecular weight excluding hydrogens is 304 g/mol. The molecule has 0 fully saturated rings. The lowest BCUT2D eigenvalue weighted by Crippen LogP contribution is -2.07. The van der Waals surface area contributed by atoms with E-state index in [0.717, 1.165) is 46.6 Å². The van der Waals surface area contributed by atoms with Crippen LogP contribution in [0.15, 0.2) is 28.4 Å². The molecule has 0 aromatic carbocycles. The van der Waals surface area contributed by atoms with Crippen LogP contribution in [-0.2, 0) is 6.42 Å². The molecule has 0 atom stereocenters. The fourth-order valence-corrected chi connectivity index (χ4v) is 2.95. The number of aryl methyl sites for hydroxylation is 1. The molecule has 1 N–H and O–H groups in total. The predicted octanol–water partition coefficient (Wildman–Crippen LogP) is 4.37. The Morgan fingerprint density at radius 1 is 1.24 bits per heavy atom. The molecule has 0 spiro atoms. The van der Waals surface area contributed by atoms with Crippen LogP contribution in [0.2, 0.25) is 5.02 Å². The molecule has 2 rings (SSSR count). The monoisotopic (exact) mass is 322 g/mol. The zero-order valence-corrected chi connectivity index (χ0v) is 14.1. The Labute approximate surface area is 134 Å². The quantitative estimate of drug-likeness (QED) is 0.800. The number of aromatic nitrogens is 3. The molecule has 0 aliphatic rings. The van der Waals surface area contributed by atoms with Crippen molar-refractivity contribution < 1.29 is 0 Å². The van der Waals surface area contributed by atoms with E-state index in [2.05, 4.69) is 34.1 Å². The third kappa shape index (κ3) is 4.08. The fraction of sp³-hybridized carbons (Fsp3) is 0.400. The Hall–Kier alpha value is -1.33. The SMILES string of the molecule is CCCc1nc(NCC)c(C)c(Sc2ncccc2Cl)n1. The van der Waals surface area contributed by atoms with Gasteiger partial charge in [0, 0.05) is 24.7 Å². The Morgan fingerprint density at radius 2 is 2.05 bits per heavy atom. The first-order valence-corrected chi connectivity index (χ1v) is 8.24. The molecule has 0 unspecified atom stereocenters. The van der Waals surface area contributed by atoms with E-state index in [9.17, 15) is 0 Å². The number of rotatable bonds is 6. The molecule has 2 aromatic rings. The molecule has 0 aliphatic heterocycles. The van der Waals surface area contributed by atoms with Gasteiger partial charge in [-0.05, 0) is 44.2 Å². The zero-order valence-electron chi connectivity index (χ0n) is 12.5. The van der Waals surface area contributed by atoms with Crippen LogP contribution < -0.4 is 5.32 Å². The zero-order chi connectivity index (χ0) is 15.2. The average Bonchev–Trinajstić information content (AvgIpc) is 2.46. The maximum absolute atomic E-state index is 6.19. The van der Waals surface area contributed by atoms with E-state index in [0.29, 0.717) is 5.02 Å². The maximum atomic E-state index is 6.19. The van der Waals surface area contributed by atoms with Crippen LogP contribution >= 0.6 is 23.4 Å². The van der Waals surface area contributed by atoms with Crippen molar-refractivity contribution in [2.45, 2.75) is 43.7 Å². The summed E-state index contributed by atoms with van der Waals surface area (Å²) in [6.45, 7) is 7.03. The van der Waals surface area contributed by atoms with Crippen LogP contribution in [0.4, 0.5) is 5.82 Å². The van der Waals surface area contributed by atoms with Crippen LogP contribution in [0.1, 0.15) is 31.7 Å². The second kappa shape index (κ2) is 7.61. The summed E-state index contributed by atoms with van der Waals surface area (Å²) in [5, 5.41) is 5.62. The van der Waals surface area contributed by atoms with Gasteiger partial charge in [-0.2, -0.15) is 0 Å². The lowest BCUT2D eigenvalue weighted by molar-refractivity contribution is 0.801. The first kappa shape index (κ1) is 16.0. The number of hydrogen-bond donors (Lipinski definition) is 1. The Kier molecular flexibility index (Phi) is 5.82. The van der Waals surface area contributed by atoms with Gasteiger partial charge >= 0.3 is 0 Å². The fourth-order valence-electron chi connectivity index (χ4n) is 1.85. The predicted molar refractivity (Wildman–Crippen MR) is 88.3 cm³/mol. The molecule has 0 saturated carbocycles. The summed E-state index contributed by atoms with van der Waals surface area (Å²) in [6, 6.07) is 3.66. The number of anilines is 1. The van der Waals surface area contributed by atoms with Gasteiger partial charge in [0.05, 0.1) is 5.02 Å². The van der Waals surface area contributed by atoms with Crippen LogP contribution in [-0.4, -0.2) is 21.5 Å². The van der Waals surface area contributed by atoms with Gasteiger partial charge in [0.1, 0.15) is 21.7 Å². The smallest absolute Gasteiger partial charge is 0.133 e. The van der Waals surface area contributed by atoms with Crippen molar-refractivity contribution in [2.24, 2.45) is 0 Å². The van der Waals surface area contributed by atoms with Gasteiger partial charge < -0.3 is 5.32 Å².